The maximum absolute atomic E-state index is 13.1. The molecule has 1 N–H and O–H groups in total. The Bertz CT molecular complexity index is 1030. The molecule has 31 heavy (non-hydrogen) atoms. The van der Waals surface area contributed by atoms with Gasteiger partial charge in [0, 0.05) is 24.7 Å². The van der Waals surface area contributed by atoms with E-state index in [2.05, 4.69) is 11.9 Å². The molecule has 1 unspecified atom stereocenters. The fourth-order valence-electron chi connectivity index (χ4n) is 3.44. The van der Waals surface area contributed by atoms with Gasteiger partial charge in [0.2, 0.25) is 11.8 Å². The summed E-state index contributed by atoms with van der Waals surface area (Å²) < 4.78 is 5.17. The van der Waals surface area contributed by atoms with Crippen molar-refractivity contribution in [3.8, 4) is 5.75 Å². The number of carbonyl (C=O) groups is 4. The predicted octanol–water partition coefficient (Wildman–Crippen LogP) is 2.61. The van der Waals surface area contributed by atoms with Crippen LogP contribution in [0, 0.1) is 0 Å². The van der Waals surface area contributed by atoms with Gasteiger partial charge >= 0.3 is 0 Å². The number of methoxy groups -OCH3 is 1. The smallest absolute Gasteiger partial charge is 0.257 e. The van der Waals surface area contributed by atoms with Gasteiger partial charge < -0.3 is 15.0 Å². The summed E-state index contributed by atoms with van der Waals surface area (Å²) in [5.41, 5.74) is 1.27. The van der Waals surface area contributed by atoms with Crippen LogP contribution in [-0.4, -0.2) is 48.2 Å². The second kappa shape index (κ2) is 9.25. The number of carbonyl (C=O) groups excluding carboxylic acids is 4. The Morgan fingerprint density at radius 3 is 2.55 bits per heavy atom. The first-order valence-electron chi connectivity index (χ1n) is 9.66. The number of benzene rings is 2. The van der Waals surface area contributed by atoms with E-state index in [1.54, 1.807) is 48.5 Å². The maximum atomic E-state index is 13.1. The molecule has 0 spiro atoms. The first-order valence-corrected chi connectivity index (χ1v) is 9.66. The van der Waals surface area contributed by atoms with E-state index in [1.807, 2.05) is 0 Å². The quantitative estimate of drug-likeness (QED) is 0.548. The molecule has 1 saturated heterocycles. The average Bonchev–Trinajstić information content (AvgIpc) is 3.05. The lowest BCUT2D eigenvalue weighted by atomic mass is 10.1. The van der Waals surface area contributed by atoms with Gasteiger partial charge in [-0.05, 0) is 42.5 Å². The van der Waals surface area contributed by atoms with Crippen LogP contribution in [0.3, 0.4) is 0 Å². The van der Waals surface area contributed by atoms with Crippen LogP contribution in [0.4, 0.5) is 11.4 Å². The molecule has 2 aromatic rings. The molecule has 3 rings (SSSR count). The van der Waals surface area contributed by atoms with E-state index in [0.717, 1.165) is 4.90 Å². The SMILES string of the molecule is C=CCN(C(=O)c1cccc(OC)c1)C1CC(=O)N(c2ccc(NC(C)=O)cc2)C1=O. The molecule has 1 heterocycles. The van der Waals surface area contributed by atoms with Crippen LogP contribution in [0.15, 0.2) is 61.2 Å². The summed E-state index contributed by atoms with van der Waals surface area (Å²) >= 11 is 0. The summed E-state index contributed by atoms with van der Waals surface area (Å²) in [6.07, 6.45) is 1.39. The van der Waals surface area contributed by atoms with E-state index in [1.165, 1.54) is 25.0 Å². The normalized spacial score (nSPS) is 15.5. The van der Waals surface area contributed by atoms with Crippen molar-refractivity contribution < 1.29 is 23.9 Å². The molecule has 0 aromatic heterocycles. The summed E-state index contributed by atoms with van der Waals surface area (Å²) in [6.45, 7) is 5.17. The van der Waals surface area contributed by atoms with Crippen LogP contribution >= 0.6 is 0 Å². The minimum atomic E-state index is -0.945. The van der Waals surface area contributed by atoms with Gasteiger partial charge in [-0.3, -0.25) is 19.2 Å². The Morgan fingerprint density at radius 1 is 1.23 bits per heavy atom. The summed E-state index contributed by atoms with van der Waals surface area (Å²) in [4.78, 5) is 52.5. The molecular weight excluding hydrogens is 398 g/mol. The first kappa shape index (κ1) is 21.8. The van der Waals surface area contributed by atoms with Crippen molar-refractivity contribution in [3.63, 3.8) is 0 Å². The molecule has 1 aliphatic rings. The second-order valence-corrected chi connectivity index (χ2v) is 6.99. The highest BCUT2D eigenvalue weighted by molar-refractivity contribution is 6.23. The van der Waals surface area contributed by atoms with Crippen molar-refractivity contribution in [1.29, 1.82) is 0 Å². The lowest BCUT2D eigenvalue weighted by Crippen LogP contribution is -2.45. The monoisotopic (exact) mass is 421 g/mol. The number of amides is 4. The lowest BCUT2D eigenvalue weighted by Gasteiger charge is -2.26. The molecule has 2 aromatic carbocycles. The van der Waals surface area contributed by atoms with Gasteiger partial charge in [-0.2, -0.15) is 0 Å². The number of ether oxygens (including phenoxy) is 1. The van der Waals surface area contributed by atoms with Crippen molar-refractivity contribution in [2.75, 3.05) is 23.9 Å². The summed E-state index contributed by atoms with van der Waals surface area (Å²) in [5, 5.41) is 2.63. The van der Waals surface area contributed by atoms with Gasteiger partial charge in [0.05, 0.1) is 19.2 Å². The molecule has 0 aliphatic carbocycles. The van der Waals surface area contributed by atoms with Crippen molar-refractivity contribution in [2.24, 2.45) is 0 Å². The third-order valence-corrected chi connectivity index (χ3v) is 4.85. The molecule has 1 aliphatic heterocycles. The Morgan fingerprint density at radius 2 is 1.94 bits per heavy atom. The van der Waals surface area contributed by atoms with Gasteiger partial charge in [-0.25, -0.2) is 4.90 Å². The van der Waals surface area contributed by atoms with Crippen LogP contribution in [0.25, 0.3) is 0 Å². The highest BCUT2D eigenvalue weighted by Crippen LogP contribution is 2.28. The number of anilines is 2. The van der Waals surface area contributed by atoms with Crippen LogP contribution < -0.4 is 15.0 Å². The zero-order valence-corrected chi connectivity index (χ0v) is 17.3. The standard InChI is InChI=1S/C23H23N3O5/c1-4-12-25(22(29)16-6-5-7-19(13-16)31-3)20-14-21(28)26(23(20)30)18-10-8-17(9-11-18)24-15(2)27/h4-11,13,20H,1,12,14H2,2-3H3,(H,24,27). The number of nitrogens with one attached hydrogen (secondary N) is 1. The highest BCUT2D eigenvalue weighted by Gasteiger charge is 2.44. The van der Waals surface area contributed by atoms with Crippen LogP contribution in [-0.2, 0) is 14.4 Å². The van der Waals surface area contributed by atoms with Crippen LogP contribution in [0.5, 0.6) is 5.75 Å². The molecule has 0 radical (unpaired) electrons. The van der Waals surface area contributed by atoms with Crippen LogP contribution in [0.1, 0.15) is 23.7 Å². The third-order valence-electron chi connectivity index (χ3n) is 4.85. The second-order valence-electron chi connectivity index (χ2n) is 6.99. The zero-order chi connectivity index (χ0) is 22.5. The molecular formula is C23H23N3O5. The third kappa shape index (κ3) is 4.63. The molecule has 0 bridgehead atoms. The Hall–Kier alpha value is -3.94. The largest absolute Gasteiger partial charge is 0.497 e. The summed E-state index contributed by atoms with van der Waals surface area (Å²) in [5.74, 6) is -1.01. The van der Waals surface area contributed by atoms with Crippen molar-refractivity contribution >= 4 is 35.0 Å². The lowest BCUT2D eigenvalue weighted by molar-refractivity contribution is -0.122. The minimum Gasteiger partial charge on any atom is -0.497 e. The van der Waals surface area contributed by atoms with Gasteiger partial charge in [0.1, 0.15) is 11.8 Å². The van der Waals surface area contributed by atoms with Crippen LogP contribution in [0.2, 0.25) is 0 Å². The maximum Gasteiger partial charge on any atom is 0.257 e. The van der Waals surface area contributed by atoms with E-state index in [4.69, 9.17) is 4.74 Å². The van der Waals surface area contributed by atoms with Gasteiger partial charge in [0.25, 0.3) is 11.8 Å². The molecule has 1 atom stereocenters. The van der Waals surface area contributed by atoms with E-state index in [9.17, 15) is 19.2 Å². The fraction of sp³-hybridized carbons (Fsp3) is 0.217. The topological polar surface area (TPSA) is 96.0 Å². The van der Waals surface area contributed by atoms with Crippen molar-refractivity contribution in [2.45, 2.75) is 19.4 Å². The zero-order valence-electron chi connectivity index (χ0n) is 17.3. The molecule has 160 valence electrons. The molecule has 8 heteroatoms. The van der Waals surface area contributed by atoms with Crippen molar-refractivity contribution in [3.05, 3.63) is 66.7 Å². The molecule has 8 nitrogen and oxygen atoms in total. The van der Waals surface area contributed by atoms with Gasteiger partial charge in [-0.15, -0.1) is 6.58 Å². The van der Waals surface area contributed by atoms with E-state index in [0.29, 0.717) is 22.7 Å². The first-order chi connectivity index (χ1) is 14.8. The number of hydrogen-bond acceptors (Lipinski definition) is 5. The van der Waals surface area contributed by atoms with Gasteiger partial charge in [-0.1, -0.05) is 12.1 Å². The number of rotatable bonds is 7. The fourth-order valence-corrected chi connectivity index (χ4v) is 3.44. The van der Waals surface area contributed by atoms with E-state index in [-0.39, 0.29) is 18.9 Å². The Balaban J connectivity index is 1.86. The number of imide groups is 1. The predicted molar refractivity (Wildman–Crippen MR) is 116 cm³/mol. The number of hydrogen-bond donors (Lipinski definition) is 1. The summed E-state index contributed by atoms with van der Waals surface area (Å²) in [6, 6.07) is 12.0. The number of nitrogens with zero attached hydrogens (tertiary/aromatic N) is 2. The van der Waals surface area contributed by atoms with E-state index < -0.39 is 23.8 Å². The van der Waals surface area contributed by atoms with Crippen molar-refractivity contribution in [1.82, 2.24) is 4.90 Å². The molecule has 4 amide bonds. The summed E-state index contributed by atoms with van der Waals surface area (Å²) in [7, 11) is 1.50. The minimum absolute atomic E-state index is 0.106. The van der Waals surface area contributed by atoms with E-state index >= 15 is 0 Å². The Kier molecular flexibility index (Phi) is 6.49. The Labute approximate surface area is 180 Å². The molecule has 1 fully saturated rings. The average molecular weight is 421 g/mol. The highest BCUT2D eigenvalue weighted by atomic mass is 16.5. The van der Waals surface area contributed by atoms with Gasteiger partial charge in [0.15, 0.2) is 0 Å². The molecule has 0 saturated carbocycles.